The highest BCUT2D eigenvalue weighted by molar-refractivity contribution is 6.30. The summed E-state index contributed by atoms with van der Waals surface area (Å²) in [5.41, 5.74) is 6.21. The molecular weight excluding hydrogens is 412 g/mol. The molecule has 31 heavy (non-hydrogen) atoms. The maximum absolute atomic E-state index is 13.9. The second-order valence-corrected chi connectivity index (χ2v) is 8.93. The first-order valence-electron chi connectivity index (χ1n) is 10.4. The Kier molecular flexibility index (Phi) is 3.84. The number of amides is 1. The summed E-state index contributed by atoms with van der Waals surface area (Å²) < 4.78 is 3.83. The number of carbonyl (C=O) groups excluding carboxylic acids is 1. The molecule has 1 saturated carbocycles. The minimum atomic E-state index is -0.279. The Morgan fingerprint density at radius 3 is 2.55 bits per heavy atom. The lowest BCUT2D eigenvalue weighted by molar-refractivity contribution is 0.0992. The van der Waals surface area contributed by atoms with Gasteiger partial charge in [-0.05, 0) is 56.0 Å². The number of fused-ring (bicyclic) bond motifs is 2. The molecule has 2 aliphatic rings. The number of benzene rings is 1. The van der Waals surface area contributed by atoms with Gasteiger partial charge in [0.25, 0.3) is 5.91 Å². The topological polar surface area (TPSA) is 68.3 Å². The van der Waals surface area contributed by atoms with Gasteiger partial charge >= 0.3 is 0 Å². The molecule has 0 saturated heterocycles. The summed E-state index contributed by atoms with van der Waals surface area (Å²) in [5.74, 6) is 1.16. The van der Waals surface area contributed by atoms with E-state index in [-0.39, 0.29) is 11.9 Å². The first kappa shape index (κ1) is 18.6. The number of pyridine rings is 1. The summed E-state index contributed by atoms with van der Waals surface area (Å²) in [6.07, 6.45) is 4.13. The van der Waals surface area contributed by atoms with Gasteiger partial charge < -0.3 is 0 Å². The summed E-state index contributed by atoms with van der Waals surface area (Å²) in [7, 11) is 1.93. The van der Waals surface area contributed by atoms with Crippen LogP contribution in [0.1, 0.15) is 63.5 Å². The minimum absolute atomic E-state index is 0.00516. The zero-order valence-electron chi connectivity index (χ0n) is 17.5. The van der Waals surface area contributed by atoms with Crippen LogP contribution in [0.2, 0.25) is 5.02 Å². The Morgan fingerprint density at radius 1 is 1.10 bits per heavy atom. The lowest BCUT2D eigenvalue weighted by Gasteiger charge is -2.27. The molecule has 7 nitrogen and oxygen atoms in total. The number of hydrogen-bond acceptors (Lipinski definition) is 4. The third-order valence-corrected chi connectivity index (χ3v) is 6.59. The van der Waals surface area contributed by atoms with E-state index in [4.69, 9.17) is 16.7 Å². The third-order valence-electron chi connectivity index (χ3n) is 6.34. The molecule has 156 valence electrons. The van der Waals surface area contributed by atoms with Gasteiger partial charge in [-0.2, -0.15) is 5.10 Å². The average Bonchev–Trinajstić information content (AvgIpc) is 3.35. The number of hydrogen-bond donors (Lipinski definition) is 0. The van der Waals surface area contributed by atoms with E-state index in [1.54, 1.807) is 0 Å². The standard InChI is InChI=1S/C23H21ClN6O/c1-12-10-17(11-29-13(2)25-26-22(12)29)30-20(15-6-8-16(24)9-7-15)21-18(23(30)31)19(14-4-5-14)27-28(21)3/h6-11,14,20H,4-5H2,1-3H3. The van der Waals surface area contributed by atoms with E-state index in [2.05, 4.69) is 10.2 Å². The first-order valence-corrected chi connectivity index (χ1v) is 10.8. The van der Waals surface area contributed by atoms with Crippen molar-refractivity contribution in [2.45, 2.75) is 38.6 Å². The number of carbonyl (C=O) groups is 1. The molecule has 3 aromatic heterocycles. The molecule has 4 aromatic rings. The van der Waals surface area contributed by atoms with Crippen LogP contribution < -0.4 is 4.90 Å². The Balaban J connectivity index is 1.59. The molecule has 1 amide bonds. The number of nitrogens with zero attached hydrogens (tertiary/aromatic N) is 6. The molecule has 0 bridgehead atoms. The molecule has 0 N–H and O–H groups in total. The van der Waals surface area contributed by atoms with Gasteiger partial charge in [-0.25, -0.2) is 0 Å². The van der Waals surface area contributed by atoms with E-state index < -0.39 is 0 Å². The van der Waals surface area contributed by atoms with Gasteiger partial charge in [0.2, 0.25) is 0 Å². The van der Waals surface area contributed by atoms with Crippen LogP contribution >= 0.6 is 11.6 Å². The molecule has 8 heteroatoms. The lowest BCUT2D eigenvalue weighted by Crippen LogP contribution is -2.30. The van der Waals surface area contributed by atoms with Crippen molar-refractivity contribution in [3.63, 3.8) is 0 Å². The maximum Gasteiger partial charge on any atom is 0.263 e. The highest BCUT2D eigenvalue weighted by Gasteiger charge is 2.46. The predicted octanol–water partition coefficient (Wildman–Crippen LogP) is 4.36. The quantitative estimate of drug-likeness (QED) is 0.482. The maximum atomic E-state index is 13.9. The van der Waals surface area contributed by atoms with Crippen LogP contribution in [0.5, 0.6) is 0 Å². The normalized spacial score (nSPS) is 18.3. The van der Waals surface area contributed by atoms with E-state index in [9.17, 15) is 4.79 Å². The zero-order chi connectivity index (χ0) is 21.4. The molecule has 1 atom stereocenters. The second-order valence-electron chi connectivity index (χ2n) is 8.49. The molecule has 1 aromatic carbocycles. The Hall–Kier alpha value is -3.19. The Morgan fingerprint density at radius 2 is 1.84 bits per heavy atom. The lowest BCUT2D eigenvalue weighted by atomic mass is 10.0. The predicted molar refractivity (Wildman–Crippen MR) is 118 cm³/mol. The van der Waals surface area contributed by atoms with Crippen molar-refractivity contribution in [3.05, 3.63) is 75.5 Å². The Bertz CT molecular complexity index is 1370. The van der Waals surface area contributed by atoms with Gasteiger partial charge in [0.15, 0.2) is 5.65 Å². The average molecular weight is 433 g/mol. The highest BCUT2D eigenvalue weighted by Crippen LogP contribution is 2.48. The number of aromatic nitrogens is 5. The van der Waals surface area contributed by atoms with Crippen molar-refractivity contribution in [2.24, 2.45) is 7.05 Å². The summed E-state index contributed by atoms with van der Waals surface area (Å²) in [6, 6.07) is 9.45. The van der Waals surface area contributed by atoms with E-state index in [1.165, 1.54) is 0 Å². The molecule has 1 aliphatic heterocycles. The van der Waals surface area contributed by atoms with Gasteiger partial charge in [0, 0.05) is 24.2 Å². The van der Waals surface area contributed by atoms with Gasteiger partial charge in [-0.15, -0.1) is 10.2 Å². The van der Waals surface area contributed by atoms with Crippen LogP contribution in [-0.4, -0.2) is 30.3 Å². The molecular formula is C23H21ClN6O. The van der Waals surface area contributed by atoms with Gasteiger partial charge in [0.1, 0.15) is 11.9 Å². The number of anilines is 1. The van der Waals surface area contributed by atoms with Crippen LogP contribution in [0.3, 0.4) is 0 Å². The smallest absolute Gasteiger partial charge is 0.263 e. The van der Waals surface area contributed by atoms with Crippen LogP contribution in [0, 0.1) is 13.8 Å². The van der Waals surface area contributed by atoms with Crippen molar-refractivity contribution in [1.29, 1.82) is 0 Å². The van der Waals surface area contributed by atoms with Crippen LogP contribution in [0.25, 0.3) is 5.65 Å². The number of halogens is 1. The third kappa shape index (κ3) is 2.66. The SMILES string of the molecule is Cc1cc(N2C(=O)c3c(C4CC4)nn(C)c3C2c2ccc(Cl)cc2)cn2c(C)nnc12. The van der Waals surface area contributed by atoms with E-state index in [0.29, 0.717) is 10.9 Å². The van der Waals surface area contributed by atoms with Crippen molar-refractivity contribution in [2.75, 3.05) is 4.90 Å². The van der Waals surface area contributed by atoms with Crippen LogP contribution in [0.15, 0.2) is 36.5 Å². The molecule has 1 unspecified atom stereocenters. The largest absolute Gasteiger partial charge is 0.294 e. The summed E-state index contributed by atoms with van der Waals surface area (Å²) in [6.45, 7) is 3.91. The summed E-state index contributed by atoms with van der Waals surface area (Å²) in [5, 5.41) is 13.9. The fourth-order valence-corrected chi connectivity index (χ4v) is 4.82. The van der Waals surface area contributed by atoms with Gasteiger partial charge in [-0.1, -0.05) is 23.7 Å². The molecule has 1 aliphatic carbocycles. The molecule has 1 fully saturated rings. The first-order chi connectivity index (χ1) is 14.9. The van der Waals surface area contributed by atoms with E-state index in [0.717, 1.165) is 58.1 Å². The number of rotatable bonds is 3. The van der Waals surface area contributed by atoms with Crippen molar-refractivity contribution in [1.82, 2.24) is 24.4 Å². The van der Waals surface area contributed by atoms with Crippen molar-refractivity contribution >= 4 is 28.8 Å². The monoisotopic (exact) mass is 432 g/mol. The van der Waals surface area contributed by atoms with Crippen LogP contribution in [0.4, 0.5) is 5.69 Å². The minimum Gasteiger partial charge on any atom is -0.294 e. The molecule has 4 heterocycles. The van der Waals surface area contributed by atoms with Gasteiger partial charge in [0.05, 0.1) is 22.6 Å². The Labute approximate surface area is 184 Å². The van der Waals surface area contributed by atoms with Gasteiger partial charge in [-0.3, -0.25) is 18.8 Å². The van der Waals surface area contributed by atoms with E-state index in [1.807, 2.05) is 71.4 Å². The molecule has 0 radical (unpaired) electrons. The fraction of sp³-hybridized carbons (Fsp3) is 0.304. The number of aryl methyl sites for hydroxylation is 3. The molecule has 6 rings (SSSR count). The summed E-state index contributed by atoms with van der Waals surface area (Å²) in [4.78, 5) is 15.8. The van der Waals surface area contributed by atoms with Crippen LogP contribution in [-0.2, 0) is 7.05 Å². The van der Waals surface area contributed by atoms with Crippen molar-refractivity contribution < 1.29 is 4.79 Å². The fourth-order valence-electron chi connectivity index (χ4n) is 4.69. The molecule has 0 spiro atoms. The zero-order valence-corrected chi connectivity index (χ0v) is 18.3. The summed E-state index contributed by atoms with van der Waals surface area (Å²) >= 11 is 6.16. The van der Waals surface area contributed by atoms with Crippen molar-refractivity contribution in [3.8, 4) is 0 Å². The second kappa shape index (κ2) is 6.40. The van der Waals surface area contributed by atoms with E-state index >= 15 is 0 Å². The highest BCUT2D eigenvalue weighted by atomic mass is 35.5.